The van der Waals surface area contributed by atoms with Gasteiger partial charge in [0.1, 0.15) is 5.82 Å². The monoisotopic (exact) mass is 263 g/mol. The number of aromatic nitrogens is 4. The lowest BCUT2D eigenvalue weighted by Crippen LogP contribution is -2.23. The Kier molecular flexibility index (Phi) is 3.26. The van der Waals surface area contributed by atoms with E-state index in [1.165, 1.54) is 12.1 Å². The number of rotatable bonds is 2. The van der Waals surface area contributed by atoms with E-state index in [9.17, 15) is 4.39 Å². The summed E-state index contributed by atoms with van der Waals surface area (Å²) < 4.78 is 15.1. The van der Waals surface area contributed by atoms with Gasteiger partial charge in [-0.25, -0.2) is 9.07 Å². The average molecular weight is 263 g/mol. The largest absolute Gasteiger partial charge is 0.399 e. The normalized spacial score (nSPS) is 13.5. The Morgan fingerprint density at radius 3 is 2.53 bits per heavy atom. The maximum Gasteiger partial charge on any atom is 0.182 e. The highest BCUT2D eigenvalue weighted by atomic mass is 19.1. The molecule has 1 unspecified atom stereocenters. The number of benzene rings is 1. The Morgan fingerprint density at radius 2 is 1.95 bits per heavy atom. The zero-order valence-corrected chi connectivity index (χ0v) is 11.6. The molecule has 0 aliphatic rings. The molecule has 19 heavy (non-hydrogen) atoms. The van der Waals surface area contributed by atoms with Crippen LogP contribution < -0.4 is 5.73 Å². The molecule has 2 rings (SSSR count). The predicted molar refractivity (Wildman–Crippen MR) is 71.8 cm³/mol. The maximum absolute atomic E-state index is 13.4. The summed E-state index contributed by atoms with van der Waals surface area (Å²) in [6, 6.07) is 4.39. The van der Waals surface area contributed by atoms with E-state index in [0.29, 0.717) is 17.1 Å². The van der Waals surface area contributed by atoms with E-state index in [4.69, 9.17) is 5.73 Å². The first-order valence-electron chi connectivity index (χ1n) is 6.13. The van der Waals surface area contributed by atoms with E-state index < -0.39 is 5.82 Å². The smallest absolute Gasteiger partial charge is 0.182 e. The summed E-state index contributed by atoms with van der Waals surface area (Å²) in [7, 11) is 0. The van der Waals surface area contributed by atoms with Crippen LogP contribution in [0.4, 0.5) is 10.1 Å². The Balaban J connectivity index is 2.50. The zero-order valence-electron chi connectivity index (χ0n) is 11.6. The summed E-state index contributed by atoms with van der Waals surface area (Å²) in [4.78, 5) is 0. The number of nitrogens with zero attached hydrogens (tertiary/aromatic N) is 4. The molecule has 6 heteroatoms. The molecule has 5 nitrogen and oxygen atoms in total. The van der Waals surface area contributed by atoms with Crippen LogP contribution in [0.3, 0.4) is 0 Å². The average Bonchev–Trinajstić information content (AvgIpc) is 2.73. The van der Waals surface area contributed by atoms with Crippen molar-refractivity contribution in [1.29, 1.82) is 0 Å². The van der Waals surface area contributed by atoms with E-state index in [2.05, 4.69) is 36.3 Å². The van der Waals surface area contributed by atoms with Crippen molar-refractivity contribution < 1.29 is 4.39 Å². The third-order valence-corrected chi connectivity index (χ3v) is 3.29. The topological polar surface area (TPSA) is 69.6 Å². The molecule has 0 fully saturated rings. The standard InChI is InChI=1S/C13H18FN5/c1-8(13(2,3)4)19-12(16-17-18-19)9-5-10(14)7-11(15)6-9/h5-8H,15H2,1-4H3. The lowest BCUT2D eigenvalue weighted by molar-refractivity contribution is 0.243. The number of halogens is 1. The third kappa shape index (κ3) is 2.72. The van der Waals surface area contributed by atoms with E-state index in [0.717, 1.165) is 0 Å². The van der Waals surface area contributed by atoms with Crippen LogP contribution in [0.5, 0.6) is 0 Å². The number of hydrogen-bond donors (Lipinski definition) is 1. The molecule has 2 aromatic rings. The summed E-state index contributed by atoms with van der Waals surface area (Å²) in [6.07, 6.45) is 0. The van der Waals surface area contributed by atoms with Crippen molar-refractivity contribution in [2.24, 2.45) is 5.41 Å². The van der Waals surface area contributed by atoms with Gasteiger partial charge in [-0.3, -0.25) is 0 Å². The van der Waals surface area contributed by atoms with Crippen LogP contribution in [-0.2, 0) is 0 Å². The summed E-state index contributed by atoms with van der Waals surface area (Å²) in [5.41, 5.74) is 6.59. The second-order valence-corrected chi connectivity index (χ2v) is 5.76. The van der Waals surface area contributed by atoms with Crippen LogP contribution >= 0.6 is 0 Å². The molecule has 1 heterocycles. The molecular weight excluding hydrogens is 245 g/mol. The van der Waals surface area contributed by atoms with Gasteiger partial charge in [0.05, 0.1) is 6.04 Å². The fourth-order valence-electron chi connectivity index (χ4n) is 1.75. The fraction of sp³-hybridized carbons (Fsp3) is 0.462. The highest BCUT2D eigenvalue weighted by Gasteiger charge is 2.26. The van der Waals surface area contributed by atoms with Crippen molar-refractivity contribution in [3.8, 4) is 11.4 Å². The van der Waals surface area contributed by atoms with Crippen LogP contribution in [0.25, 0.3) is 11.4 Å². The number of nitrogen functional groups attached to an aromatic ring is 1. The minimum absolute atomic E-state index is 0.0109. The van der Waals surface area contributed by atoms with E-state index in [1.54, 1.807) is 10.7 Å². The molecule has 0 saturated heterocycles. The molecule has 0 aliphatic carbocycles. The van der Waals surface area contributed by atoms with Crippen LogP contribution in [0.2, 0.25) is 0 Å². The van der Waals surface area contributed by atoms with Gasteiger partial charge in [0.15, 0.2) is 5.82 Å². The van der Waals surface area contributed by atoms with E-state index in [-0.39, 0.29) is 11.5 Å². The molecule has 1 aromatic heterocycles. The molecule has 0 bridgehead atoms. The maximum atomic E-state index is 13.4. The van der Waals surface area contributed by atoms with Gasteiger partial charge >= 0.3 is 0 Å². The van der Waals surface area contributed by atoms with Gasteiger partial charge in [-0.2, -0.15) is 0 Å². The Bertz CT molecular complexity index is 565. The summed E-state index contributed by atoms with van der Waals surface area (Å²) in [6.45, 7) is 8.33. The minimum Gasteiger partial charge on any atom is -0.399 e. The van der Waals surface area contributed by atoms with Crippen molar-refractivity contribution in [2.75, 3.05) is 5.73 Å². The Labute approximate surface area is 111 Å². The predicted octanol–water partition coefficient (Wildman–Crippen LogP) is 2.67. The summed E-state index contributed by atoms with van der Waals surface area (Å²) in [5, 5.41) is 11.7. The highest BCUT2D eigenvalue weighted by molar-refractivity contribution is 5.61. The molecule has 102 valence electrons. The van der Waals surface area contributed by atoms with E-state index >= 15 is 0 Å². The molecule has 0 spiro atoms. The van der Waals surface area contributed by atoms with Crippen molar-refractivity contribution in [3.63, 3.8) is 0 Å². The Morgan fingerprint density at radius 1 is 1.26 bits per heavy atom. The minimum atomic E-state index is -0.395. The second-order valence-electron chi connectivity index (χ2n) is 5.76. The molecule has 1 atom stereocenters. The molecule has 0 radical (unpaired) electrons. The van der Waals surface area contributed by atoms with Crippen LogP contribution in [-0.4, -0.2) is 20.2 Å². The van der Waals surface area contributed by atoms with Gasteiger partial charge in [-0.05, 0) is 41.0 Å². The van der Waals surface area contributed by atoms with Crippen molar-refractivity contribution in [3.05, 3.63) is 24.0 Å². The second kappa shape index (κ2) is 4.60. The lowest BCUT2D eigenvalue weighted by atomic mass is 9.88. The van der Waals surface area contributed by atoms with Crippen molar-refractivity contribution in [1.82, 2.24) is 20.2 Å². The molecule has 0 amide bonds. The molecular formula is C13H18FN5. The van der Waals surface area contributed by atoms with Gasteiger partial charge in [0.25, 0.3) is 0 Å². The molecule has 1 aromatic carbocycles. The SMILES string of the molecule is CC(n1nnnc1-c1cc(N)cc(F)c1)C(C)(C)C. The third-order valence-electron chi connectivity index (χ3n) is 3.29. The van der Waals surface area contributed by atoms with Gasteiger partial charge < -0.3 is 5.73 Å². The number of tetrazole rings is 1. The summed E-state index contributed by atoms with van der Waals surface area (Å²) >= 11 is 0. The first-order valence-corrected chi connectivity index (χ1v) is 6.13. The van der Waals surface area contributed by atoms with Crippen molar-refractivity contribution in [2.45, 2.75) is 33.7 Å². The molecule has 0 aliphatic heterocycles. The molecule has 2 N–H and O–H groups in total. The first kappa shape index (κ1) is 13.5. The number of hydrogen-bond acceptors (Lipinski definition) is 4. The van der Waals surface area contributed by atoms with E-state index in [1.807, 2.05) is 6.92 Å². The summed E-state index contributed by atoms with van der Waals surface area (Å²) in [5.74, 6) is 0.126. The quantitative estimate of drug-likeness (QED) is 0.846. The number of anilines is 1. The van der Waals surface area contributed by atoms with Gasteiger partial charge in [0.2, 0.25) is 0 Å². The van der Waals surface area contributed by atoms with Gasteiger partial charge in [-0.15, -0.1) is 5.10 Å². The Hall–Kier alpha value is -1.98. The van der Waals surface area contributed by atoms with Crippen LogP contribution in [0, 0.1) is 11.2 Å². The molecule has 0 saturated carbocycles. The zero-order chi connectivity index (χ0) is 14.2. The van der Waals surface area contributed by atoms with Crippen molar-refractivity contribution >= 4 is 5.69 Å². The highest BCUT2D eigenvalue weighted by Crippen LogP contribution is 2.32. The van der Waals surface area contributed by atoms with Gasteiger partial charge in [0, 0.05) is 11.3 Å². The number of nitrogens with two attached hydrogens (primary N) is 1. The van der Waals surface area contributed by atoms with Crippen LogP contribution in [0.1, 0.15) is 33.7 Å². The van der Waals surface area contributed by atoms with Gasteiger partial charge in [-0.1, -0.05) is 20.8 Å². The fourth-order valence-corrected chi connectivity index (χ4v) is 1.75. The van der Waals surface area contributed by atoms with Crippen LogP contribution in [0.15, 0.2) is 18.2 Å². The lowest BCUT2D eigenvalue weighted by Gasteiger charge is -2.27. The first-order chi connectivity index (χ1) is 8.79.